The van der Waals surface area contributed by atoms with E-state index in [4.69, 9.17) is 4.42 Å². The molecule has 1 unspecified atom stereocenters. The molecule has 1 N–H and O–H groups in total. The normalized spacial score (nSPS) is 12.8. The van der Waals surface area contributed by atoms with Crippen LogP contribution in [0.2, 0.25) is 0 Å². The van der Waals surface area contributed by atoms with Crippen LogP contribution in [0.1, 0.15) is 42.1 Å². The average molecular weight is 302 g/mol. The SMILES string of the molecule is Cc1cc(C(=O)NC(CCBr)C(C)C)c(C)o1. The van der Waals surface area contributed by atoms with Crippen LogP contribution in [-0.4, -0.2) is 17.3 Å². The smallest absolute Gasteiger partial charge is 0.255 e. The molecule has 17 heavy (non-hydrogen) atoms. The molecule has 96 valence electrons. The summed E-state index contributed by atoms with van der Waals surface area (Å²) >= 11 is 3.41. The number of aryl methyl sites for hydroxylation is 2. The number of amides is 1. The van der Waals surface area contributed by atoms with Crippen LogP contribution < -0.4 is 5.32 Å². The number of halogens is 1. The van der Waals surface area contributed by atoms with Crippen LogP contribution in [0.4, 0.5) is 0 Å². The van der Waals surface area contributed by atoms with E-state index in [-0.39, 0.29) is 11.9 Å². The van der Waals surface area contributed by atoms with Crippen molar-refractivity contribution in [1.82, 2.24) is 5.32 Å². The number of nitrogens with one attached hydrogen (secondary N) is 1. The Hall–Kier alpha value is -0.770. The van der Waals surface area contributed by atoms with E-state index in [1.807, 2.05) is 13.8 Å². The van der Waals surface area contributed by atoms with E-state index in [1.165, 1.54) is 0 Å². The highest BCUT2D eigenvalue weighted by Gasteiger charge is 2.19. The minimum Gasteiger partial charge on any atom is -0.466 e. The Labute approximate surface area is 111 Å². The van der Waals surface area contributed by atoms with Gasteiger partial charge < -0.3 is 9.73 Å². The lowest BCUT2D eigenvalue weighted by Gasteiger charge is -2.21. The van der Waals surface area contributed by atoms with Crippen molar-refractivity contribution < 1.29 is 9.21 Å². The molecule has 0 bridgehead atoms. The molecular formula is C13H20BrNO2. The van der Waals surface area contributed by atoms with Crippen molar-refractivity contribution in [2.24, 2.45) is 5.92 Å². The first-order valence-electron chi connectivity index (χ1n) is 5.89. The highest BCUT2D eigenvalue weighted by atomic mass is 79.9. The zero-order valence-corrected chi connectivity index (χ0v) is 12.4. The number of carbonyl (C=O) groups is 1. The van der Waals surface area contributed by atoms with Gasteiger partial charge in [-0.15, -0.1) is 0 Å². The molecule has 1 heterocycles. The lowest BCUT2D eigenvalue weighted by atomic mass is 10.0. The van der Waals surface area contributed by atoms with E-state index < -0.39 is 0 Å². The number of alkyl halides is 1. The summed E-state index contributed by atoms with van der Waals surface area (Å²) < 4.78 is 5.37. The maximum absolute atomic E-state index is 12.1. The highest BCUT2D eigenvalue weighted by Crippen LogP contribution is 2.15. The summed E-state index contributed by atoms with van der Waals surface area (Å²) in [6.07, 6.45) is 0.930. The second-order valence-electron chi connectivity index (χ2n) is 4.63. The van der Waals surface area contributed by atoms with Gasteiger partial charge in [0.25, 0.3) is 5.91 Å². The number of carbonyl (C=O) groups excluding carboxylic acids is 1. The third kappa shape index (κ3) is 3.87. The largest absolute Gasteiger partial charge is 0.466 e. The summed E-state index contributed by atoms with van der Waals surface area (Å²) in [6.45, 7) is 7.89. The molecule has 0 saturated carbocycles. The van der Waals surface area contributed by atoms with Crippen LogP contribution in [0.15, 0.2) is 10.5 Å². The third-order valence-electron chi connectivity index (χ3n) is 2.83. The monoisotopic (exact) mass is 301 g/mol. The van der Waals surface area contributed by atoms with Gasteiger partial charge in [0.1, 0.15) is 11.5 Å². The molecule has 0 aliphatic rings. The molecule has 0 aromatic carbocycles. The predicted octanol–water partition coefficient (Wildman–Crippen LogP) is 3.44. The van der Waals surface area contributed by atoms with E-state index in [2.05, 4.69) is 35.1 Å². The first-order valence-corrected chi connectivity index (χ1v) is 7.01. The van der Waals surface area contributed by atoms with Crippen molar-refractivity contribution in [3.8, 4) is 0 Å². The second-order valence-corrected chi connectivity index (χ2v) is 5.42. The van der Waals surface area contributed by atoms with Crippen molar-refractivity contribution in [2.45, 2.75) is 40.2 Å². The summed E-state index contributed by atoms with van der Waals surface area (Å²) in [6, 6.07) is 1.98. The Morgan fingerprint density at radius 2 is 2.12 bits per heavy atom. The quantitative estimate of drug-likeness (QED) is 0.847. The fraction of sp³-hybridized carbons (Fsp3) is 0.615. The number of hydrogen-bond acceptors (Lipinski definition) is 2. The zero-order chi connectivity index (χ0) is 13.0. The van der Waals surface area contributed by atoms with Crippen molar-refractivity contribution in [1.29, 1.82) is 0 Å². The first kappa shape index (κ1) is 14.3. The average Bonchev–Trinajstić information content (AvgIpc) is 2.57. The molecule has 1 aromatic heterocycles. The van der Waals surface area contributed by atoms with Gasteiger partial charge in [0.2, 0.25) is 0 Å². The van der Waals surface area contributed by atoms with Crippen LogP contribution in [0.25, 0.3) is 0 Å². The van der Waals surface area contributed by atoms with Crippen molar-refractivity contribution in [2.75, 3.05) is 5.33 Å². The Morgan fingerprint density at radius 3 is 2.53 bits per heavy atom. The summed E-state index contributed by atoms with van der Waals surface area (Å²) in [5.41, 5.74) is 0.641. The van der Waals surface area contributed by atoms with E-state index in [0.717, 1.165) is 17.5 Å². The molecule has 1 rings (SSSR count). The fourth-order valence-corrected chi connectivity index (χ4v) is 2.29. The Balaban J connectivity index is 2.73. The zero-order valence-electron chi connectivity index (χ0n) is 10.8. The maximum Gasteiger partial charge on any atom is 0.255 e. The molecule has 1 atom stereocenters. The van der Waals surface area contributed by atoms with E-state index >= 15 is 0 Å². The molecule has 0 saturated heterocycles. The van der Waals surface area contributed by atoms with Crippen LogP contribution in [0.3, 0.4) is 0 Å². The fourth-order valence-electron chi connectivity index (χ4n) is 1.79. The standard InChI is InChI=1S/C13H20BrNO2/c1-8(2)12(5-6-14)15-13(16)11-7-9(3)17-10(11)4/h7-8,12H,5-6H2,1-4H3,(H,15,16). The summed E-state index contributed by atoms with van der Waals surface area (Å²) in [4.78, 5) is 12.1. The van der Waals surface area contributed by atoms with E-state index in [9.17, 15) is 4.79 Å². The summed E-state index contributed by atoms with van der Waals surface area (Å²) in [5, 5.41) is 3.95. The minimum absolute atomic E-state index is 0.0426. The van der Waals surface area contributed by atoms with Gasteiger partial charge in [-0.3, -0.25) is 4.79 Å². The topological polar surface area (TPSA) is 42.2 Å². The van der Waals surface area contributed by atoms with Gasteiger partial charge in [-0.1, -0.05) is 29.8 Å². The van der Waals surface area contributed by atoms with Crippen LogP contribution in [-0.2, 0) is 0 Å². The lowest BCUT2D eigenvalue weighted by molar-refractivity contribution is 0.0923. The molecular weight excluding hydrogens is 282 g/mol. The molecule has 1 aromatic rings. The van der Waals surface area contributed by atoms with Gasteiger partial charge in [0.15, 0.2) is 0 Å². The maximum atomic E-state index is 12.1. The van der Waals surface area contributed by atoms with Gasteiger partial charge in [-0.05, 0) is 32.3 Å². The van der Waals surface area contributed by atoms with E-state index in [1.54, 1.807) is 6.07 Å². The summed E-state index contributed by atoms with van der Waals surface area (Å²) in [5.74, 6) is 1.83. The molecule has 0 spiro atoms. The predicted molar refractivity (Wildman–Crippen MR) is 72.7 cm³/mol. The van der Waals surface area contributed by atoms with Gasteiger partial charge >= 0.3 is 0 Å². The molecule has 0 aliphatic carbocycles. The van der Waals surface area contributed by atoms with Gasteiger partial charge in [0.05, 0.1) is 5.56 Å². The van der Waals surface area contributed by atoms with Crippen LogP contribution >= 0.6 is 15.9 Å². The number of hydrogen-bond donors (Lipinski definition) is 1. The Kier molecular flexibility index (Phi) is 5.25. The number of rotatable bonds is 5. The molecule has 0 radical (unpaired) electrons. The van der Waals surface area contributed by atoms with Crippen molar-refractivity contribution in [3.63, 3.8) is 0 Å². The molecule has 3 nitrogen and oxygen atoms in total. The Morgan fingerprint density at radius 1 is 1.47 bits per heavy atom. The minimum atomic E-state index is -0.0426. The first-order chi connectivity index (χ1) is 7.95. The lowest BCUT2D eigenvalue weighted by Crippen LogP contribution is -2.38. The second kappa shape index (κ2) is 6.24. The summed E-state index contributed by atoms with van der Waals surface area (Å²) in [7, 11) is 0. The van der Waals surface area contributed by atoms with Crippen LogP contribution in [0, 0.1) is 19.8 Å². The highest BCUT2D eigenvalue weighted by molar-refractivity contribution is 9.09. The molecule has 1 amide bonds. The van der Waals surface area contributed by atoms with E-state index in [0.29, 0.717) is 17.2 Å². The third-order valence-corrected chi connectivity index (χ3v) is 3.28. The molecule has 0 fully saturated rings. The molecule has 0 aliphatic heterocycles. The van der Waals surface area contributed by atoms with Crippen molar-refractivity contribution >= 4 is 21.8 Å². The van der Waals surface area contributed by atoms with Gasteiger partial charge in [-0.25, -0.2) is 0 Å². The number of furan rings is 1. The van der Waals surface area contributed by atoms with Gasteiger partial charge in [0, 0.05) is 11.4 Å². The van der Waals surface area contributed by atoms with Crippen molar-refractivity contribution in [3.05, 3.63) is 23.2 Å². The molecule has 4 heteroatoms. The van der Waals surface area contributed by atoms with Gasteiger partial charge in [-0.2, -0.15) is 0 Å². The Bertz CT molecular complexity index is 385. The van der Waals surface area contributed by atoms with Crippen LogP contribution in [0.5, 0.6) is 0 Å².